The van der Waals surface area contributed by atoms with E-state index in [4.69, 9.17) is 9.84 Å². The number of carboxylic acid groups (broad SMARTS) is 1. The number of hydrogen-bond acceptors (Lipinski definition) is 6. The lowest BCUT2D eigenvalue weighted by Crippen LogP contribution is -2.23. The van der Waals surface area contributed by atoms with Gasteiger partial charge in [0.25, 0.3) is 5.56 Å². The molecule has 1 heterocycles. The minimum atomic E-state index is -1.08. The van der Waals surface area contributed by atoms with Crippen molar-refractivity contribution >= 4 is 33.7 Å². The zero-order chi connectivity index (χ0) is 17.9. The molecular weight excluding hydrogens is 398 g/mol. The van der Waals surface area contributed by atoms with E-state index in [-0.39, 0.29) is 11.3 Å². The van der Waals surface area contributed by atoms with Crippen molar-refractivity contribution < 1.29 is 14.6 Å². The Kier molecular flexibility index (Phi) is 5.64. The summed E-state index contributed by atoms with van der Waals surface area (Å²) in [6.07, 6.45) is 0.747. The summed E-state index contributed by atoms with van der Waals surface area (Å²) in [5, 5.41) is 18.5. The van der Waals surface area contributed by atoms with Gasteiger partial charge in [0.2, 0.25) is 0 Å². The number of carbonyl (C=O) groups is 1. The summed E-state index contributed by atoms with van der Waals surface area (Å²) >= 11 is 4.56. The van der Waals surface area contributed by atoms with Crippen LogP contribution in [0.1, 0.15) is 12.5 Å². The van der Waals surface area contributed by atoms with Crippen molar-refractivity contribution in [2.75, 3.05) is 6.26 Å². The molecule has 0 aliphatic rings. The lowest BCUT2D eigenvalue weighted by atomic mass is 10.1. The lowest BCUT2D eigenvalue weighted by Gasteiger charge is -2.13. The molecule has 0 saturated carbocycles. The first-order chi connectivity index (χ1) is 11.4. The smallest absolute Gasteiger partial charge is 0.344 e. The predicted molar refractivity (Wildman–Crippen MR) is 92.2 cm³/mol. The molecule has 0 aliphatic carbocycles. The number of benzene rings is 1. The van der Waals surface area contributed by atoms with Crippen LogP contribution in [0, 0.1) is 11.3 Å². The highest BCUT2D eigenvalue weighted by molar-refractivity contribution is 9.10. The highest BCUT2D eigenvalue weighted by atomic mass is 79.9. The van der Waals surface area contributed by atoms with Crippen LogP contribution in [-0.4, -0.2) is 33.4 Å². The number of carboxylic acids is 1. The van der Waals surface area contributed by atoms with Gasteiger partial charge in [-0.25, -0.2) is 9.78 Å². The first-order valence-corrected chi connectivity index (χ1v) is 8.67. The van der Waals surface area contributed by atoms with Gasteiger partial charge in [-0.3, -0.25) is 4.79 Å². The molecule has 2 rings (SSSR count). The SMILES string of the molecule is CSc1nc(-c2ccc(OC(C)C(=O)O)c(Br)c2)c(C#N)c(=O)[nH]1. The van der Waals surface area contributed by atoms with Crippen molar-refractivity contribution in [2.24, 2.45) is 0 Å². The Morgan fingerprint density at radius 3 is 2.79 bits per heavy atom. The van der Waals surface area contributed by atoms with Gasteiger partial charge in [0.1, 0.15) is 17.4 Å². The fourth-order valence-corrected chi connectivity index (χ4v) is 2.70. The normalized spacial score (nSPS) is 11.6. The Hall–Kier alpha value is -2.31. The number of halogens is 1. The summed E-state index contributed by atoms with van der Waals surface area (Å²) in [5.74, 6) is -0.749. The fraction of sp³-hybridized carbons (Fsp3) is 0.200. The van der Waals surface area contributed by atoms with Crippen molar-refractivity contribution in [3.05, 3.63) is 38.6 Å². The number of rotatable bonds is 5. The monoisotopic (exact) mass is 409 g/mol. The van der Waals surface area contributed by atoms with E-state index in [1.807, 2.05) is 6.07 Å². The van der Waals surface area contributed by atoms with Gasteiger partial charge >= 0.3 is 5.97 Å². The molecule has 0 aliphatic heterocycles. The molecule has 24 heavy (non-hydrogen) atoms. The predicted octanol–water partition coefficient (Wildman–Crippen LogP) is 2.64. The zero-order valence-corrected chi connectivity index (χ0v) is 15.1. The van der Waals surface area contributed by atoms with Crippen molar-refractivity contribution in [3.8, 4) is 23.1 Å². The number of nitrogens with one attached hydrogen (secondary N) is 1. The molecule has 9 heteroatoms. The van der Waals surface area contributed by atoms with Gasteiger partial charge in [-0.05, 0) is 47.3 Å². The summed E-state index contributed by atoms with van der Waals surface area (Å²) < 4.78 is 5.81. The van der Waals surface area contributed by atoms with Gasteiger partial charge in [-0.2, -0.15) is 5.26 Å². The molecule has 1 aromatic heterocycles. The number of aromatic amines is 1. The molecule has 7 nitrogen and oxygen atoms in total. The standard InChI is InChI=1S/C15H12BrN3O4S/c1-7(14(21)22)23-11-4-3-8(5-10(11)16)12-9(6-17)13(20)19-15(18-12)24-2/h3-5,7H,1-2H3,(H,21,22)(H,18,19,20). The number of nitrogens with zero attached hydrogens (tertiary/aromatic N) is 2. The summed E-state index contributed by atoms with van der Waals surface area (Å²) in [5.41, 5.74) is 0.189. The van der Waals surface area contributed by atoms with Crippen LogP contribution in [0.15, 0.2) is 32.6 Å². The third kappa shape index (κ3) is 3.77. The number of H-pyrrole nitrogens is 1. The molecule has 2 N–H and O–H groups in total. The summed E-state index contributed by atoms with van der Waals surface area (Å²) in [6.45, 7) is 1.42. The van der Waals surface area contributed by atoms with Crippen LogP contribution in [0.4, 0.5) is 0 Å². The lowest BCUT2D eigenvalue weighted by molar-refractivity contribution is -0.144. The zero-order valence-electron chi connectivity index (χ0n) is 12.7. The van der Waals surface area contributed by atoms with Crippen LogP contribution < -0.4 is 10.3 Å². The van der Waals surface area contributed by atoms with Crippen LogP contribution in [0.2, 0.25) is 0 Å². The molecule has 0 bridgehead atoms. The molecule has 0 saturated heterocycles. The number of aliphatic carboxylic acids is 1. The first-order valence-electron chi connectivity index (χ1n) is 6.65. The molecular formula is C15H12BrN3O4S. The van der Waals surface area contributed by atoms with E-state index in [9.17, 15) is 14.9 Å². The van der Waals surface area contributed by atoms with E-state index >= 15 is 0 Å². The maximum absolute atomic E-state index is 12.0. The molecule has 0 amide bonds. The van der Waals surface area contributed by atoms with Gasteiger partial charge in [-0.15, -0.1) is 0 Å². The average molecular weight is 410 g/mol. The molecule has 0 fully saturated rings. The van der Waals surface area contributed by atoms with Crippen molar-refractivity contribution in [3.63, 3.8) is 0 Å². The van der Waals surface area contributed by atoms with Crippen molar-refractivity contribution in [1.29, 1.82) is 5.26 Å². The van der Waals surface area contributed by atoms with Gasteiger partial charge in [-0.1, -0.05) is 11.8 Å². The molecule has 1 aromatic carbocycles. The molecule has 2 aromatic rings. The summed E-state index contributed by atoms with van der Waals surface area (Å²) in [7, 11) is 0. The molecule has 1 atom stereocenters. The van der Waals surface area contributed by atoms with Crippen LogP contribution in [0.5, 0.6) is 5.75 Å². The second kappa shape index (κ2) is 7.51. The topological polar surface area (TPSA) is 116 Å². The number of hydrogen-bond donors (Lipinski definition) is 2. The maximum Gasteiger partial charge on any atom is 0.344 e. The summed E-state index contributed by atoms with van der Waals surface area (Å²) in [4.78, 5) is 29.6. The molecule has 124 valence electrons. The minimum absolute atomic E-state index is 0.0905. The first kappa shape index (κ1) is 18.0. The van der Waals surface area contributed by atoms with Crippen LogP contribution in [0.3, 0.4) is 0 Å². The largest absolute Gasteiger partial charge is 0.479 e. The van der Waals surface area contributed by atoms with E-state index < -0.39 is 17.6 Å². The highest BCUT2D eigenvalue weighted by Gasteiger charge is 2.17. The van der Waals surface area contributed by atoms with Crippen LogP contribution in [0.25, 0.3) is 11.3 Å². The Bertz CT molecular complexity index is 891. The molecule has 1 unspecified atom stereocenters. The third-order valence-electron chi connectivity index (χ3n) is 3.06. The highest BCUT2D eigenvalue weighted by Crippen LogP contribution is 2.31. The van der Waals surface area contributed by atoms with Crippen LogP contribution in [-0.2, 0) is 4.79 Å². The minimum Gasteiger partial charge on any atom is -0.479 e. The van der Waals surface area contributed by atoms with Gasteiger partial charge < -0.3 is 14.8 Å². The van der Waals surface area contributed by atoms with E-state index in [1.165, 1.54) is 18.7 Å². The van der Waals surface area contributed by atoms with Crippen molar-refractivity contribution in [1.82, 2.24) is 9.97 Å². The second-order valence-corrected chi connectivity index (χ2v) is 6.30. The van der Waals surface area contributed by atoms with E-state index in [0.29, 0.717) is 20.9 Å². The fourth-order valence-electron chi connectivity index (χ4n) is 1.85. The quantitative estimate of drug-likeness (QED) is 0.575. The molecule has 0 radical (unpaired) electrons. The second-order valence-electron chi connectivity index (χ2n) is 4.65. The van der Waals surface area contributed by atoms with Gasteiger partial charge in [0.15, 0.2) is 11.3 Å². The van der Waals surface area contributed by atoms with E-state index in [1.54, 1.807) is 24.5 Å². The number of ether oxygens (including phenoxy) is 1. The Labute approximate surface area is 149 Å². The van der Waals surface area contributed by atoms with Crippen LogP contribution >= 0.6 is 27.7 Å². The van der Waals surface area contributed by atoms with E-state index in [2.05, 4.69) is 25.9 Å². The third-order valence-corrected chi connectivity index (χ3v) is 4.26. The van der Waals surface area contributed by atoms with E-state index in [0.717, 1.165) is 0 Å². The molecule has 0 spiro atoms. The Morgan fingerprint density at radius 2 is 2.25 bits per heavy atom. The Morgan fingerprint density at radius 1 is 1.54 bits per heavy atom. The number of aromatic nitrogens is 2. The van der Waals surface area contributed by atoms with Gasteiger partial charge in [0, 0.05) is 5.56 Å². The number of nitriles is 1. The van der Waals surface area contributed by atoms with Gasteiger partial charge in [0.05, 0.1) is 10.2 Å². The number of thioether (sulfide) groups is 1. The van der Waals surface area contributed by atoms with Crippen molar-refractivity contribution in [2.45, 2.75) is 18.2 Å². The summed E-state index contributed by atoms with van der Waals surface area (Å²) in [6, 6.07) is 6.65. The Balaban J connectivity index is 2.50. The maximum atomic E-state index is 12.0. The average Bonchev–Trinajstić information content (AvgIpc) is 2.55.